The summed E-state index contributed by atoms with van der Waals surface area (Å²) in [5, 5.41) is 28.5. The lowest BCUT2D eigenvalue weighted by molar-refractivity contribution is -0.177. The van der Waals surface area contributed by atoms with Gasteiger partial charge in [-0.05, 0) is 25.7 Å². The normalized spacial score (nSPS) is 29.6. The number of nitrogens with zero attached hydrogens (tertiary/aromatic N) is 8. The van der Waals surface area contributed by atoms with E-state index in [9.17, 15) is 13.5 Å². The van der Waals surface area contributed by atoms with E-state index < -0.39 is 14.9 Å². The van der Waals surface area contributed by atoms with Crippen molar-refractivity contribution in [2.75, 3.05) is 30.4 Å². The van der Waals surface area contributed by atoms with Gasteiger partial charge >= 0.3 is 0 Å². The summed E-state index contributed by atoms with van der Waals surface area (Å²) in [6, 6.07) is 4.50. The molecule has 194 valence electrons. The number of hydrogen-bond donors (Lipinski definition) is 3. The summed E-state index contributed by atoms with van der Waals surface area (Å²) in [5.41, 5.74) is 2.98. The van der Waals surface area contributed by atoms with Crippen molar-refractivity contribution >= 4 is 49.3 Å². The molecule has 0 saturated carbocycles. The summed E-state index contributed by atoms with van der Waals surface area (Å²) in [4.78, 5) is 18.3. The first kappa shape index (κ1) is 23.2. The fraction of sp³-hybridized carbons (Fsp3) is 0.591. The topological polar surface area (TPSA) is 167 Å². The minimum absolute atomic E-state index is 0.138. The number of sulfonamides is 1. The van der Waals surface area contributed by atoms with Crippen LogP contribution >= 0.6 is 11.3 Å². The van der Waals surface area contributed by atoms with Crippen LogP contribution in [0.5, 0.6) is 0 Å². The van der Waals surface area contributed by atoms with Crippen molar-refractivity contribution in [3.05, 3.63) is 17.3 Å². The summed E-state index contributed by atoms with van der Waals surface area (Å²) in [5.74, 6) is 1.47. The number of aliphatic hydroxyl groups is 1. The molecule has 7 rings (SSSR count). The van der Waals surface area contributed by atoms with E-state index in [0.717, 1.165) is 17.7 Å². The smallest absolute Gasteiger partial charge is 0.233 e. The van der Waals surface area contributed by atoms with Crippen LogP contribution in [0, 0.1) is 17.2 Å². The Hall–Kier alpha value is -2.90. The van der Waals surface area contributed by atoms with E-state index in [1.807, 2.05) is 7.05 Å². The molecular formula is C22H26N10O3S2. The Morgan fingerprint density at radius 2 is 2.08 bits per heavy atom. The molecule has 0 spiro atoms. The zero-order valence-electron chi connectivity index (χ0n) is 20.1. The molecule has 3 aromatic heterocycles. The lowest BCUT2D eigenvalue weighted by atomic mass is 9.67. The van der Waals surface area contributed by atoms with E-state index in [-0.39, 0.29) is 30.7 Å². The molecule has 3 aromatic rings. The summed E-state index contributed by atoms with van der Waals surface area (Å²) in [7, 11) is -1.43. The molecule has 4 saturated heterocycles. The van der Waals surface area contributed by atoms with Gasteiger partial charge in [0, 0.05) is 44.3 Å². The number of nitriles is 1. The van der Waals surface area contributed by atoms with Gasteiger partial charge in [-0.3, -0.25) is 10.00 Å². The predicted octanol–water partition coefficient (Wildman–Crippen LogP) is 0.972. The van der Waals surface area contributed by atoms with Gasteiger partial charge in [0.2, 0.25) is 16.0 Å². The zero-order valence-corrected chi connectivity index (χ0v) is 21.7. The highest BCUT2D eigenvalue weighted by molar-refractivity contribution is 7.90. The van der Waals surface area contributed by atoms with Crippen LogP contribution in [-0.4, -0.2) is 91.0 Å². The SMILES string of the molecule is CN(c1nc(Nc2cc(CO)[nH]n2)c2ncsc2n1)[C@H]1C[C@@H]2CC3(S(=O)(=O)N4CC(C#N)C4)C[C@H](C1)N23. The number of aliphatic hydroxyl groups excluding tert-OH is 1. The van der Waals surface area contributed by atoms with Crippen LogP contribution in [0.1, 0.15) is 31.4 Å². The maximum Gasteiger partial charge on any atom is 0.233 e. The van der Waals surface area contributed by atoms with Crippen LogP contribution in [0.25, 0.3) is 10.3 Å². The molecule has 15 heteroatoms. The lowest BCUT2D eigenvalue weighted by Gasteiger charge is -2.73. The van der Waals surface area contributed by atoms with Crippen molar-refractivity contribution in [3.63, 3.8) is 0 Å². The Labute approximate surface area is 217 Å². The molecule has 0 amide bonds. The number of aromatic nitrogens is 5. The molecule has 1 unspecified atom stereocenters. The standard InChI is InChI=1S/C22H26N10O3S2/c1-30(21-26-19(18-20(27-21)36-11-24-18)25-17-2-13(10-33)28-29-17)14-3-15-5-22(6-16(4-14)32(15)22)37(34,35)31-8-12(7-23)9-31/h2,11-12,14-16,33H,3-6,8-10H2,1H3,(H2,25,26,27,28,29)/t14-,15+,16-,22?. The van der Waals surface area contributed by atoms with Gasteiger partial charge in [0.1, 0.15) is 10.4 Å². The number of H-pyrrole nitrogens is 1. The summed E-state index contributed by atoms with van der Waals surface area (Å²) >= 11 is 1.44. The maximum atomic E-state index is 13.3. The van der Waals surface area contributed by atoms with Crippen molar-refractivity contribution < 1.29 is 13.5 Å². The van der Waals surface area contributed by atoms with Crippen molar-refractivity contribution in [2.45, 2.75) is 55.3 Å². The average Bonchev–Trinajstić information content (AvgIpc) is 3.47. The number of piperidine rings is 2. The zero-order chi connectivity index (χ0) is 25.5. The van der Waals surface area contributed by atoms with Crippen molar-refractivity contribution in [1.82, 2.24) is 34.4 Å². The number of fused-ring (bicyclic) bond motifs is 1. The molecule has 4 atom stereocenters. The number of anilines is 3. The highest BCUT2D eigenvalue weighted by Crippen LogP contribution is 2.60. The van der Waals surface area contributed by atoms with Gasteiger partial charge in [-0.25, -0.2) is 13.4 Å². The molecular weight excluding hydrogens is 516 g/mol. The largest absolute Gasteiger partial charge is 0.390 e. The molecule has 13 nitrogen and oxygen atoms in total. The molecule has 0 aromatic carbocycles. The first-order chi connectivity index (χ1) is 17.8. The van der Waals surface area contributed by atoms with Gasteiger partial charge in [-0.1, -0.05) is 0 Å². The molecule has 7 heterocycles. The fourth-order valence-corrected chi connectivity index (χ4v) is 9.74. The fourth-order valence-electron chi connectivity index (χ4n) is 6.49. The third-order valence-electron chi connectivity index (χ3n) is 8.40. The molecule has 4 aliphatic heterocycles. The first-order valence-corrected chi connectivity index (χ1v) is 14.6. The molecule has 0 bridgehead atoms. The Morgan fingerprint density at radius 1 is 1.32 bits per heavy atom. The Bertz CT molecular complexity index is 1510. The molecule has 0 radical (unpaired) electrons. The number of nitrogens with one attached hydrogen (secondary N) is 2. The van der Waals surface area contributed by atoms with Crippen LogP contribution in [0.2, 0.25) is 0 Å². The Balaban J connectivity index is 1.09. The van der Waals surface area contributed by atoms with Crippen LogP contribution in [0.4, 0.5) is 17.6 Å². The first-order valence-electron chi connectivity index (χ1n) is 12.3. The number of rotatable bonds is 7. The number of hydrogen-bond acceptors (Lipinski definition) is 12. The second-order valence-corrected chi connectivity index (χ2v) is 13.5. The highest BCUT2D eigenvalue weighted by atomic mass is 32.2. The minimum atomic E-state index is -3.42. The predicted molar refractivity (Wildman–Crippen MR) is 135 cm³/mol. The molecule has 4 aliphatic rings. The van der Waals surface area contributed by atoms with Gasteiger partial charge in [-0.2, -0.15) is 24.6 Å². The van der Waals surface area contributed by atoms with Gasteiger partial charge in [-0.15, -0.1) is 11.3 Å². The van der Waals surface area contributed by atoms with E-state index >= 15 is 0 Å². The van der Waals surface area contributed by atoms with E-state index in [0.29, 0.717) is 54.7 Å². The lowest BCUT2D eigenvalue weighted by Crippen LogP contribution is -2.85. The summed E-state index contributed by atoms with van der Waals surface area (Å²) in [6.45, 7) is 0.505. The average molecular weight is 543 g/mol. The van der Waals surface area contributed by atoms with Crippen LogP contribution in [0.15, 0.2) is 11.6 Å². The van der Waals surface area contributed by atoms with Gasteiger partial charge < -0.3 is 15.3 Å². The Kier molecular flexibility index (Phi) is 5.05. The summed E-state index contributed by atoms with van der Waals surface area (Å²) in [6.07, 6.45) is 2.96. The second kappa shape index (κ2) is 8.05. The van der Waals surface area contributed by atoms with Crippen LogP contribution < -0.4 is 10.2 Å². The van der Waals surface area contributed by atoms with Crippen LogP contribution in [-0.2, 0) is 16.6 Å². The van der Waals surface area contributed by atoms with Crippen LogP contribution in [0.3, 0.4) is 0 Å². The quantitative estimate of drug-likeness (QED) is 0.389. The van der Waals surface area contributed by atoms with E-state index in [2.05, 4.69) is 36.4 Å². The highest BCUT2D eigenvalue weighted by Gasteiger charge is 2.73. The molecule has 3 N–H and O–H groups in total. The van der Waals surface area contributed by atoms with E-state index in [4.69, 9.17) is 15.2 Å². The van der Waals surface area contributed by atoms with Crippen molar-refractivity contribution in [1.29, 1.82) is 5.26 Å². The van der Waals surface area contributed by atoms with Crippen molar-refractivity contribution in [3.8, 4) is 6.07 Å². The van der Waals surface area contributed by atoms with Crippen molar-refractivity contribution in [2.24, 2.45) is 5.92 Å². The monoisotopic (exact) mass is 542 g/mol. The Morgan fingerprint density at radius 3 is 2.76 bits per heavy atom. The molecule has 0 aliphatic carbocycles. The van der Waals surface area contributed by atoms with E-state index in [1.165, 1.54) is 15.6 Å². The molecule has 4 fully saturated rings. The number of thiazole rings is 1. The maximum absolute atomic E-state index is 13.3. The second-order valence-electron chi connectivity index (χ2n) is 10.4. The van der Waals surface area contributed by atoms with E-state index in [1.54, 1.807) is 11.6 Å². The van der Waals surface area contributed by atoms with Gasteiger partial charge in [0.15, 0.2) is 16.5 Å². The third kappa shape index (κ3) is 3.26. The summed E-state index contributed by atoms with van der Waals surface area (Å²) < 4.78 is 28.2. The van der Waals surface area contributed by atoms with Gasteiger partial charge in [0.25, 0.3) is 0 Å². The third-order valence-corrected chi connectivity index (χ3v) is 11.6. The van der Waals surface area contributed by atoms with Gasteiger partial charge in [0.05, 0.1) is 29.8 Å². The minimum Gasteiger partial charge on any atom is -0.390 e. The molecule has 37 heavy (non-hydrogen) atoms. The number of aromatic amines is 1.